The fourth-order valence-corrected chi connectivity index (χ4v) is 4.31. The summed E-state index contributed by atoms with van der Waals surface area (Å²) in [6.07, 6.45) is 2.44. The summed E-state index contributed by atoms with van der Waals surface area (Å²) in [7, 11) is 0. The van der Waals surface area contributed by atoms with Crippen molar-refractivity contribution in [2.45, 2.75) is 12.8 Å². The van der Waals surface area contributed by atoms with E-state index in [0.717, 1.165) is 5.56 Å². The lowest BCUT2D eigenvalue weighted by Crippen LogP contribution is -2.29. The minimum absolute atomic E-state index is 0.179. The zero-order valence-electron chi connectivity index (χ0n) is 15.7. The van der Waals surface area contributed by atoms with Gasteiger partial charge < -0.3 is 14.8 Å². The van der Waals surface area contributed by atoms with Gasteiger partial charge in [0.1, 0.15) is 10.1 Å². The van der Waals surface area contributed by atoms with Crippen molar-refractivity contribution in [2.24, 2.45) is 0 Å². The Hall–Kier alpha value is -2.91. The number of carbonyl (C=O) groups excluding carboxylic acids is 2. The van der Waals surface area contributed by atoms with Crippen molar-refractivity contribution in [2.75, 3.05) is 18.7 Å². The molecule has 0 aromatic heterocycles. The predicted molar refractivity (Wildman–Crippen MR) is 117 cm³/mol. The molecule has 0 aliphatic carbocycles. The number of nitrogens with zero attached hydrogens (tertiary/aromatic N) is 1. The number of hydrogen-bond acceptors (Lipinski definition) is 6. The third-order valence-corrected chi connectivity index (χ3v) is 5.86. The number of hydrogen-bond donors (Lipinski definition) is 1. The second-order valence-electron chi connectivity index (χ2n) is 6.60. The SMILES string of the molecule is O=C(CCCN1C(=O)/C(=C/c2ccc3c(c2)OCO3)SC1=S)Nc1ccc(F)cc1. The number of carbonyl (C=O) groups is 2. The summed E-state index contributed by atoms with van der Waals surface area (Å²) in [5.41, 5.74) is 1.34. The van der Waals surface area contributed by atoms with E-state index in [0.29, 0.717) is 39.4 Å². The van der Waals surface area contributed by atoms with E-state index in [1.165, 1.54) is 40.9 Å². The Morgan fingerprint density at radius 2 is 1.97 bits per heavy atom. The number of anilines is 1. The van der Waals surface area contributed by atoms with Gasteiger partial charge in [0.25, 0.3) is 5.91 Å². The van der Waals surface area contributed by atoms with Crippen LogP contribution in [-0.4, -0.2) is 34.4 Å². The lowest BCUT2D eigenvalue weighted by molar-refractivity contribution is -0.122. The van der Waals surface area contributed by atoms with E-state index in [4.69, 9.17) is 21.7 Å². The van der Waals surface area contributed by atoms with E-state index in [1.807, 2.05) is 12.1 Å². The van der Waals surface area contributed by atoms with E-state index in [-0.39, 0.29) is 30.8 Å². The van der Waals surface area contributed by atoms with Gasteiger partial charge in [-0.05, 0) is 54.5 Å². The first kappa shape index (κ1) is 20.4. The number of rotatable bonds is 6. The molecule has 30 heavy (non-hydrogen) atoms. The maximum absolute atomic E-state index is 12.9. The fraction of sp³-hybridized carbons (Fsp3) is 0.190. The number of thioether (sulfide) groups is 1. The number of amides is 2. The first-order valence-electron chi connectivity index (χ1n) is 9.20. The van der Waals surface area contributed by atoms with E-state index >= 15 is 0 Å². The van der Waals surface area contributed by atoms with E-state index < -0.39 is 0 Å². The zero-order valence-corrected chi connectivity index (χ0v) is 17.4. The van der Waals surface area contributed by atoms with E-state index in [9.17, 15) is 14.0 Å². The van der Waals surface area contributed by atoms with Gasteiger partial charge in [-0.2, -0.15) is 0 Å². The van der Waals surface area contributed by atoms with Gasteiger partial charge in [-0.25, -0.2) is 4.39 Å². The average Bonchev–Trinajstić information content (AvgIpc) is 3.29. The number of thiocarbonyl (C=S) groups is 1. The average molecular weight is 445 g/mol. The molecule has 1 fully saturated rings. The molecule has 2 aromatic rings. The Kier molecular flexibility index (Phi) is 6.01. The molecule has 0 radical (unpaired) electrons. The topological polar surface area (TPSA) is 67.9 Å². The maximum atomic E-state index is 12.9. The molecule has 0 spiro atoms. The highest BCUT2D eigenvalue weighted by molar-refractivity contribution is 8.26. The van der Waals surface area contributed by atoms with Crippen molar-refractivity contribution in [3.63, 3.8) is 0 Å². The van der Waals surface area contributed by atoms with Gasteiger partial charge in [-0.3, -0.25) is 14.5 Å². The highest BCUT2D eigenvalue weighted by atomic mass is 32.2. The van der Waals surface area contributed by atoms with Crippen molar-refractivity contribution >= 4 is 51.9 Å². The molecule has 0 unspecified atom stereocenters. The molecule has 0 saturated carbocycles. The Morgan fingerprint density at radius 1 is 1.20 bits per heavy atom. The summed E-state index contributed by atoms with van der Waals surface area (Å²) < 4.78 is 24.0. The third kappa shape index (κ3) is 4.63. The molecule has 6 nitrogen and oxygen atoms in total. The first-order chi connectivity index (χ1) is 14.5. The molecule has 2 aliphatic heterocycles. The summed E-state index contributed by atoms with van der Waals surface area (Å²) in [6, 6.07) is 11.0. The standard InChI is InChI=1S/C21H17FN2O4S2/c22-14-4-6-15(7-5-14)23-19(25)2-1-9-24-20(26)18(30-21(24)29)11-13-3-8-16-17(10-13)28-12-27-16/h3-8,10-11H,1-2,9,12H2,(H,23,25)/b18-11-. The van der Waals surface area contributed by atoms with Crippen LogP contribution < -0.4 is 14.8 Å². The molecular formula is C21H17FN2O4S2. The number of fused-ring (bicyclic) bond motifs is 1. The van der Waals surface area contributed by atoms with Gasteiger partial charge in [0.2, 0.25) is 12.7 Å². The van der Waals surface area contributed by atoms with Crippen LogP contribution in [0.4, 0.5) is 10.1 Å². The molecule has 0 atom stereocenters. The van der Waals surface area contributed by atoms with Crippen LogP contribution in [0, 0.1) is 5.82 Å². The summed E-state index contributed by atoms with van der Waals surface area (Å²) in [4.78, 5) is 26.8. The zero-order chi connectivity index (χ0) is 21.1. The number of benzene rings is 2. The van der Waals surface area contributed by atoms with Crippen molar-refractivity contribution in [3.05, 3.63) is 58.8 Å². The maximum Gasteiger partial charge on any atom is 0.266 e. The third-order valence-electron chi connectivity index (χ3n) is 4.48. The smallest absolute Gasteiger partial charge is 0.266 e. The molecule has 1 N–H and O–H groups in total. The first-order valence-corrected chi connectivity index (χ1v) is 10.4. The van der Waals surface area contributed by atoms with Gasteiger partial charge >= 0.3 is 0 Å². The lowest BCUT2D eigenvalue weighted by atomic mass is 10.2. The van der Waals surface area contributed by atoms with Gasteiger partial charge in [0, 0.05) is 18.7 Å². The van der Waals surface area contributed by atoms with Crippen molar-refractivity contribution in [1.82, 2.24) is 4.90 Å². The van der Waals surface area contributed by atoms with Crippen LogP contribution in [-0.2, 0) is 9.59 Å². The normalized spacial score (nSPS) is 16.4. The van der Waals surface area contributed by atoms with Gasteiger partial charge in [-0.15, -0.1) is 0 Å². The Balaban J connectivity index is 1.32. The summed E-state index contributed by atoms with van der Waals surface area (Å²) in [6.45, 7) is 0.537. The van der Waals surface area contributed by atoms with Crippen molar-refractivity contribution in [1.29, 1.82) is 0 Å². The van der Waals surface area contributed by atoms with Gasteiger partial charge in [0.05, 0.1) is 4.91 Å². The summed E-state index contributed by atoms with van der Waals surface area (Å²) in [5.74, 6) is 0.575. The molecule has 2 amide bonds. The molecule has 154 valence electrons. The second-order valence-corrected chi connectivity index (χ2v) is 8.28. The minimum atomic E-state index is -0.365. The van der Waals surface area contributed by atoms with E-state index in [1.54, 1.807) is 12.1 Å². The molecule has 9 heteroatoms. The van der Waals surface area contributed by atoms with Crippen LogP contribution in [0.5, 0.6) is 11.5 Å². The Bertz CT molecular complexity index is 1040. The molecule has 1 saturated heterocycles. The largest absolute Gasteiger partial charge is 0.454 e. The monoisotopic (exact) mass is 444 g/mol. The minimum Gasteiger partial charge on any atom is -0.454 e. The second kappa shape index (κ2) is 8.85. The number of halogens is 1. The van der Waals surface area contributed by atoms with Crippen LogP contribution in [0.3, 0.4) is 0 Å². The predicted octanol–water partition coefficient (Wildman–Crippen LogP) is 4.17. The summed E-state index contributed by atoms with van der Waals surface area (Å²) in [5, 5.41) is 2.70. The van der Waals surface area contributed by atoms with Crippen LogP contribution in [0.1, 0.15) is 18.4 Å². The fourth-order valence-electron chi connectivity index (χ4n) is 3.00. The number of ether oxygens (including phenoxy) is 2. The Labute approximate surface area is 182 Å². The molecule has 0 bridgehead atoms. The van der Waals surface area contributed by atoms with Crippen molar-refractivity contribution < 1.29 is 23.5 Å². The number of nitrogens with one attached hydrogen (secondary N) is 1. The molecule has 4 rings (SSSR count). The molecule has 2 heterocycles. The quantitative estimate of drug-likeness (QED) is 0.533. The highest BCUT2D eigenvalue weighted by Crippen LogP contribution is 2.36. The van der Waals surface area contributed by atoms with Crippen LogP contribution in [0.15, 0.2) is 47.4 Å². The summed E-state index contributed by atoms with van der Waals surface area (Å²) >= 11 is 6.57. The van der Waals surface area contributed by atoms with E-state index in [2.05, 4.69) is 5.32 Å². The van der Waals surface area contributed by atoms with Gasteiger partial charge in [-0.1, -0.05) is 30.0 Å². The molecular weight excluding hydrogens is 427 g/mol. The molecule has 2 aliphatic rings. The molecule has 2 aromatic carbocycles. The van der Waals surface area contributed by atoms with Crippen LogP contribution >= 0.6 is 24.0 Å². The van der Waals surface area contributed by atoms with Crippen LogP contribution in [0.25, 0.3) is 6.08 Å². The van der Waals surface area contributed by atoms with Crippen LogP contribution in [0.2, 0.25) is 0 Å². The Morgan fingerprint density at radius 3 is 2.77 bits per heavy atom. The van der Waals surface area contributed by atoms with Gasteiger partial charge in [0.15, 0.2) is 11.5 Å². The highest BCUT2D eigenvalue weighted by Gasteiger charge is 2.31. The lowest BCUT2D eigenvalue weighted by Gasteiger charge is -2.14. The van der Waals surface area contributed by atoms with Crippen molar-refractivity contribution in [3.8, 4) is 11.5 Å².